The lowest BCUT2D eigenvalue weighted by atomic mass is 10.2. The van der Waals surface area contributed by atoms with Gasteiger partial charge in [0, 0.05) is 25.3 Å². The van der Waals surface area contributed by atoms with Gasteiger partial charge in [-0.3, -0.25) is 0 Å². The van der Waals surface area contributed by atoms with Gasteiger partial charge in [-0.05, 0) is 19.3 Å². The lowest BCUT2D eigenvalue weighted by Crippen LogP contribution is -2.37. The van der Waals surface area contributed by atoms with E-state index in [0.29, 0.717) is 13.2 Å². The van der Waals surface area contributed by atoms with Crippen molar-refractivity contribution >= 4 is 16.9 Å². The number of ether oxygens (including phenoxy) is 2. The normalized spacial score (nSPS) is 20.9. The zero-order chi connectivity index (χ0) is 18.1. The molecule has 0 saturated carbocycles. The Hall–Kier alpha value is -2.51. The largest absolute Gasteiger partial charge is 0.378 e. The molecule has 2 aliphatic heterocycles. The lowest BCUT2D eigenvalue weighted by Gasteiger charge is -2.28. The van der Waals surface area contributed by atoms with Gasteiger partial charge in [-0.1, -0.05) is 30.3 Å². The Kier molecular flexibility index (Phi) is 4.47. The molecule has 0 N–H and O–H groups in total. The van der Waals surface area contributed by atoms with Gasteiger partial charge in [-0.25, -0.2) is 14.6 Å². The van der Waals surface area contributed by atoms with Crippen molar-refractivity contribution in [3.63, 3.8) is 0 Å². The minimum absolute atomic E-state index is 0.0488. The number of hydrogen-bond acceptors (Lipinski definition) is 6. The molecule has 0 amide bonds. The maximum Gasteiger partial charge on any atom is 0.166 e. The van der Waals surface area contributed by atoms with Crippen LogP contribution in [0.15, 0.2) is 36.5 Å². The van der Waals surface area contributed by atoms with Crippen LogP contribution in [0.5, 0.6) is 0 Å². The number of nitrogens with zero attached hydrogens (tertiary/aromatic N) is 5. The number of fused-ring (bicyclic) bond motifs is 1. The molecule has 27 heavy (non-hydrogen) atoms. The van der Waals surface area contributed by atoms with E-state index in [9.17, 15) is 0 Å². The highest BCUT2D eigenvalue weighted by Gasteiger charge is 2.24. The molecule has 2 aromatic heterocycles. The molecule has 5 rings (SSSR count). The van der Waals surface area contributed by atoms with Crippen LogP contribution in [0, 0.1) is 0 Å². The van der Waals surface area contributed by atoms with Crippen molar-refractivity contribution in [3.05, 3.63) is 36.5 Å². The van der Waals surface area contributed by atoms with E-state index in [-0.39, 0.29) is 6.23 Å². The van der Waals surface area contributed by atoms with Crippen LogP contribution in [0.2, 0.25) is 0 Å². The van der Waals surface area contributed by atoms with Crippen molar-refractivity contribution in [3.8, 4) is 11.4 Å². The molecule has 0 aliphatic carbocycles. The fourth-order valence-electron chi connectivity index (χ4n) is 3.77. The summed E-state index contributed by atoms with van der Waals surface area (Å²) in [5.74, 6) is 1.66. The lowest BCUT2D eigenvalue weighted by molar-refractivity contribution is -0.0370. The number of anilines is 1. The SMILES string of the molecule is c1ccc(-c2nc(N3CCOCC3)c3cnn(C4CCCCO4)c3n2)cc1. The Morgan fingerprint density at radius 3 is 2.59 bits per heavy atom. The number of rotatable bonds is 3. The number of morpholine rings is 1. The molecule has 2 saturated heterocycles. The van der Waals surface area contributed by atoms with Crippen molar-refractivity contribution in [2.75, 3.05) is 37.8 Å². The first-order valence-electron chi connectivity index (χ1n) is 9.65. The molecule has 7 heteroatoms. The smallest absolute Gasteiger partial charge is 0.166 e. The van der Waals surface area contributed by atoms with Crippen LogP contribution in [-0.2, 0) is 9.47 Å². The highest BCUT2D eigenvalue weighted by atomic mass is 16.5. The van der Waals surface area contributed by atoms with Crippen molar-refractivity contribution < 1.29 is 9.47 Å². The van der Waals surface area contributed by atoms with Gasteiger partial charge in [-0.15, -0.1) is 0 Å². The summed E-state index contributed by atoms with van der Waals surface area (Å²) < 4.78 is 13.4. The molecule has 1 unspecified atom stereocenters. The quantitative estimate of drug-likeness (QED) is 0.711. The molecule has 0 bridgehead atoms. The first-order valence-corrected chi connectivity index (χ1v) is 9.65. The van der Waals surface area contributed by atoms with Gasteiger partial charge in [0.25, 0.3) is 0 Å². The molecular formula is C20H23N5O2. The Balaban J connectivity index is 1.66. The van der Waals surface area contributed by atoms with Crippen molar-refractivity contribution in [2.45, 2.75) is 25.5 Å². The second-order valence-corrected chi connectivity index (χ2v) is 6.98. The highest BCUT2D eigenvalue weighted by Crippen LogP contribution is 2.31. The molecule has 3 aromatic rings. The molecule has 7 nitrogen and oxygen atoms in total. The highest BCUT2D eigenvalue weighted by molar-refractivity contribution is 5.88. The summed E-state index contributed by atoms with van der Waals surface area (Å²) in [6.45, 7) is 3.86. The average molecular weight is 365 g/mol. The Morgan fingerprint density at radius 1 is 0.963 bits per heavy atom. The van der Waals surface area contributed by atoms with Gasteiger partial charge in [-0.2, -0.15) is 5.10 Å². The second kappa shape index (κ2) is 7.25. The van der Waals surface area contributed by atoms with E-state index >= 15 is 0 Å². The molecule has 2 aliphatic rings. The molecule has 4 heterocycles. The molecule has 2 fully saturated rings. The van der Waals surface area contributed by atoms with Crippen molar-refractivity contribution in [2.24, 2.45) is 0 Å². The third-order valence-corrected chi connectivity index (χ3v) is 5.20. The molecular weight excluding hydrogens is 342 g/mol. The van der Waals surface area contributed by atoms with Crippen LogP contribution in [-0.4, -0.2) is 52.7 Å². The van der Waals surface area contributed by atoms with Crippen LogP contribution in [0.25, 0.3) is 22.4 Å². The summed E-state index contributed by atoms with van der Waals surface area (Å²) in [5.41, 5.74) is 1.85. The fourth-order valence-corrected chi connectivity index (χ4v) is 3.77. The van der Waals surface area contributed by atoms with E-state index in [2.05, 4.69) is 10.00 Å². The molecule has 1 aromatic carbocycles. The van der Waals surface area contributed by atoms with Gasteiger partial charge < -0.3 is 14.4 Å². The maximum absolute atomic E-state index is 5.97. The zero-order valence-electron chi connectivity index (χ0n) is 15.3. The number of aromatic nitrogens is 4. The maximum atomic E-state index is 5.97. The van der Waals surface area contributed by atoms with E-state index in [0.717, 1.165) is 67.2 Å². The predicted molar refractivity (Wildman–Crippen MR) is 103 cm³/mol. The molecule has 1 atom stereocenters. The standard InChI is InChI=1S/C20H23N5O2/c1-2-6-15(7-3-1)18-22-19(24-9-12-26-13-10-24)16-14-21-25(20(16)23-18)17-8-4-5-11-27-17/h1-3,6-7,14,17H,4-5,8-13H2. The summed E-state index contributed by atoms with van der Waals surface area (Å²) in [4.78, 5) is 12.1. The van der Waals surface area contributed by atoms with Crippen molar-refractivity contribution in [1.82, 2.24) is 19.7 Å². The van der Waals surface area contributed by atoms with Gasteiger partial charge in [0.2, 0.25) is 0 Å². The Morgan fingerprint density at radius 2 is 1.81 bits per heavy atom. The molecule has 0 radical (unpaired) electrons. The minimum atomic E-state index is -0.0488. The zero-order valence-corrected chi connectivity index (χ0v) is 15.3. The van der Waals surface area contributed by atoms with Gasteiger partial charge in [0.05, 0.1) is 24.8 Å². The topological polar surface area (TPSA) is 65.3 Å². The number of benzene rings is 1. The third kappa shape index (κ3) is 3.17. The third-order valence-electron chi connectivity index (χ3n) is 5.20. The monoisotopic (exact) mass is 365 g/mol. The van der Waals surface area contributed by atoms with Gasteiger partial charge >= 0.3 is 0 Å². The first-order chi connectivity index (χ1) is 13.4. The van der Waals surface area contributed by atoms with Crippen LogP contribution in [0.3, 0.4) is 0 Å². The van der Waals surface area contributed by atoms with Crippen LogP contribution < -0.4 is 4.90 Å². The second-order valence-electron chi connectivity index (χ2n) is 6.98. The molecule has 140 valence electrons. The van der Waals surface area contributed by atoms with E-state index < -0.39 is 0 Å². The predicted octanol–water partition coefficient (Wildman–Crippen LogP) is 3.03. The van der Waals surface area contributed by atoms with Crippen molar-refractivity contribution in [1.29, 1.82) is 0 Å². The summed E-state index contributed by atoms with van der Waals surface area (Å²) in [6, 6.07) is 10.1. The van der Waals surface area contributed by atoms with E-state index in [1.54, 1.807) is 0 Å². The van der Waals surface area contributed by atoms with E-state index in [4.69, 9.17) is 19.4 Å². The molecule has 0 spiro atoms. The first kappa shape index (κ1) is 16.6. The van der Waals surface area contributed by atoms with Crippen LogP contribution in [0.4, 0.5) is 5.82 Å². The van der Waals surface area contributed by atoms with Gasteiger partial charge in [0.15, 0.2) is 17.7 Å². The Bertz CT molecular complexity index is 915. The fraction of sp³-hybridized carbons (Fsp3) is 0.450. The Labute approximate surface area is 157 Å². The average Bonchev–Trinajstić information content (AvgIpc) is 3.19. The van der Waals surface area contributed by atoms with Crippen LogP contribution in [0.1, 0.15) is 25.5 Å². The summed E-state index contributed by atoms with van der Waals surface area (Å²) in [7, 11) is 0. The van der Waals surface area contributed by atoms with E-state index in [1.165, 1.54) is 0 Å². The summed E-state index contributed by atoms with van der Waals surface area (Å²) in [5, 5.41) is 5.62. The summed E-state index contributed by atoms with van der Waals surface area (Å²) in [6.07, 6.45) is 5.06. The minimum Gasteiger partial charge on any atom is -0.378 e. The van der Waals surface area contributed by atoms with Crippen LogP contribution >= 0.6 is 0 Å². The number of hydrogen-bond donors (Lipinski definition) is 0. The summed E-state index contributed by atoms with van der Waals surface area (Å²) >= 11 is 0. The van der Waals surface area contributed by atoms with Gasteiger partial charge in [0.1, 0.15) is 5.82 Å². The van der Waals surface area contributed by atoms with E-state index in [1.807, 2.05) is 41.2 Å².